The lowest BCUT2D eigenvalue weighted by Crippen LogP contribution is -2.13. The molecule has 0 aromatic heterocycles. The van der Waals surface area contributed by atoms with Crippen molar-refractivity contribution in [1.29, 1.82) is 0 Å². The molecule has 0 radical (unpaired) electrons. The molecule has 1 aromatic rings. The third-order valence-corrected chi connectivity index (χ3v) is 3.04. The van der Waals surface area contributed by atoms with Gasteiger partial charge >= 0.3 is 0 Å². The Kier molecular flexibility index (Phi) is 1.91. The summed E-state index contributed by atoms with van der Waals surface area (Å²) < 4.78 is 5.49. The molecular weight excluding hydrogens is 188 g/mol. The molecular formula is C12H14N2O. The smallest absolute Gasteiger partial charge is 0.282 e. The number of ether oxygens (including phenoxy) is 1. The monoisotopic (exact) mass is 202 g/mol. The van der Waals surface area contributed by atoms with Gasteiger partial charge in [0.1, 0.15) is 6.10 Å². The van der Waals surface area contributed by atoms with Crippen LogP contribution in [0.3, 0.4) is 0 Å². The number of aliphatic imine (C=N–C) groups is 1. The fraction of sp³-hybridized carbons (Fsp3) is 0.417. The van der Waals surface area contributed by atoms with Crippen LogP contribution in [0.4, 0.5) is 0 Å². The molecule has 1 fully saturated rings. The Morgan fingerprint density at radius 1 is 1.20 bits per heavy atom. The van der Waals surface area contributed by atoms with Crippen molar-refractivity contribution in [2.45, 2.75) is 24.9 Å². The molecule has 1 atom stereocenters. The number of nitrogens with zero attached hydrogens (tertiary/aromatic N) is 1. The second kappa shape index (κ2) is 3.26. The average Bonchev–Trinajstić information content (AvgIpc) is 3.02. The lowest BCUT2D eigenvalue weighted by molar-refractivity contribution is 0.225. The summed E-state index contributed by atoms with van der Waals surface area (Å²) >= 11 is 0. The van der Waals surface area contributed by atoms with Gasteiger partial charge in [0.25, 0.3) is 6.02 Å². The number of hydrogen-bond donors (Lipinski definition) is 1. The summed E-state index contributed by atoms with van der Waals surface area (Å²) in [6.45, 7) is 0.662. The van der Waals surface area contributed by atoms with Crippen molar-refractivity contribution in [3.05, 3.63) is 35.4 Å². The minimum absolute atomic E-state index is 0.0433. The van der Waals surface area contributed by atoms with E-state index in [4.69, 9.17) is 10.5 Å². The molecule has 1 unspecified atom stereocenters. The Bertz CT molecular complexity index is 410. The van der Waals surface area contributed by atoms with Gasteiger partial charge < -0.3 is 10.5 Å². The molecule has 78 valence electrons. The molecule has 1 aliphatic carbocycles. The first-order valence-electron chi connectivity index (χ1n) is 5.40. The first kappa shape index (κ1) is 8.77. The van der Waals surface area contributed by atoms with E-state index < -0.39 is 0 Å². The number of amidine groups is 1. The first-order valence-corrected chi connectivity index (χ1v) is 5.40. The lowest BCUT2D eigenvalue weighted by atomic mass is 9.99. The van der Waals surface area contributed by atoms with Crippen LogP contribution in [0.2, 0.25) is 0 Å². The van der Waals surface area contributed by atoms with Crippen molar-refractivity contribution in [3.63, 3.8) is 0 Å². The van der Waals surface area contributed by atoms with Crippen LogP contribution in [0.1, 0.15) is 36.0 Å². The molecule has 2 aliphatic rings. The third-order valence-electron chi connectivity index (χ3n) is 3.04. The Hall–Kier alpha value is -1.51. The van der Waals surface area contributed by atoms with Gasteiger partial charge in [0.05, 0.1) is 6.54 Å². The molecule has 1 aromatic carbocycles. The summed E-state index contributed by atoms with van der Waals surface area (Å²) in [6, 6.07) is 8.80. The van der Waals surface area contributed by atoms with Crippen LogP contribution in [-0.4, -0.2) is 12.6 Å². The van der Waals surface area contributed by atoms with Gasteiger partial charge in [0.2, 0.25) is 0 Å². The van der Waals surface area contributed by atoms with Crippen LogP contribution in [0, 0.1) is 0 Å². The lowest BCUT2D eigenvalue weighted by Gasteiger charge is -2.14. The molecule has 0 bridgehead atoms. The Morgan fingerprint density at radius 3 is 2.53 bits per heavy atom. The molecule has 1 saturated carbocycles. The average molecular weight is 202 g/mol. The predicted molar refractivity (Wildman–Crippen MR) is 58.7 cm³/mol. The van der Waals surface area contributed by atoms with E-state index in [0.29, 0.717) is 12.6 Å². The summed E-state index contributed by atoms with van der Waals surface area (Å²) in [6.07, 6.45) is 2.65. The Balaban J connectivity index is 1.90. The van der Waals surface area contributed by atoms with Gasteiger partial charge in [-0.2, -0.15) is 0 Å². The highest BCUT2D eigenvalue weighted by molar-refractivity contribution is 5.73. The van der Waals surface area contributed by atoms with Crippen LogP contribution < -0.4 is 5.73 Å². The Morgan fingerprint density at radius 2 is 1.93 bits per heavy atom. The number of hydrogen-bond acceptors (Lipinski definition) is 3. The van der Waals surface area contributed by atoms with E-state index in [1.165, 1.54) is 24.0 Å². The molecule has 2 N–H and O–H groups in total. The molecule has 1 aliphatic heterocycles. The maximum Gasteiger partial charge on any atom is 0.282 e. The summed E-state index contributed by atoms with van der Waals surface area (Å²) in [5.41, 5.74) is 8.22. The van der Waals surface area contributed by atoms with Crippen molar-refractivity contribution in [1.82, 2.24) is 0 Å². The molecule has 3 heteroatoms. The zero-order valence-corrected chi connectivity index (χ0v) is 8.52. The van der Waals surface area contributed by atoms with Crippen molar-refractivity contribution >= 4 is 6.02 Å². The Labute approximate surface area is 89.0 Å². The van der Waals surface area contributed by atoms with Crippen LogP contribution in [0.25, 0.3) is 0 Å². The summed E-state index contributed by atoms with van der Waals surface area (Å²) in [7, 11) is 0. The van der Waals surface area contributed by atoms with Crippen molar-refractivity contribution in [2.24, 2.45) is 10.7 Å². The molecule has 0 amide bonds. The molecule has 0 saturated heterocycles. The van der Waals surface area contributed by atoms with E-state index in [0.717, 1.165) is 5.92 Å². The second-order valence-electron chi connectivity index (χ2n) is 4.19. The molecule has 0 spiro atoms. The van der Waals surface area contributed by atoms with E-state index >= 15 is 0 Å². The predicted octanol–water partition coefficient (Wildman–Crippen LogP) is 1.95. The summed E-state index contributed by atoms with van der Waals surface area (Å²) in [5.74, 6) is 0.742. The topological polar surface area (TPSA) is 47.6 Å². The molecule has 1 heterocycles. The van der Waals surface area contributed by atoms with Gasteiger partial charge in [-0.25, -0.2) is 4.99 Å². The SMILES string of the molecule is NC1=NCC(c2ccccc2C2CC2)O1. The standard InChI is InChI=1S/C12H14N2O/c13-12-14-7-11(15-12)10-4-2-1-3-9(10)8-5-6-8/h1-4,8,11H,5-7H2,(H2,13,14). The second-order valence-corrected chi connectivity index (χ2v) is 4.19. The zero-order chi connectivity index (χ0) is 10.3. The van der Waals surface area contributed by atoms with Crippen LogP contribution in [-0.2, 0) is 4.74 Å². The fourth-order valence-electron chi connectivity index (χ4n) is 2.13. The highest BCUT2D eigenvalue weighted by Gasteiger charge is 2.30. The maximum atomic E-state index is 5.53. The molecule has 3 rings (SSSR count). The zero-order valence-electron chi connectivity index (χ0n) is 8.52. The van der Waals surface area contributed by atoms with Crippen LogP contribution in [0.5, 0.6) is 0 Å². The molecule has 3 nitrogen and oxygen atoms in total. The van der Waals surface area contributed by atoms with Gasteiger partial charge in [0, 0.05) is 0 Å². The van der Waals surface area contributed by atoms with E-state index in [1.54, 1.807) is 0 Å². The van der Waals surface area contributed by atoms with E-state index in [1.807, 2.05) is 0 Å². The number of benzene rings is 1. The van der Waals surface area contributed by atoms with Gasteiger partial charge in [-0.1, -0.05) is 24.3 Å². The minimum atomic E-state index is 0.0433. The highest BCUT2D eigenvalue weighted by Crippen LogP contribution is 2.43. The van der Waals surface area contributed by atoms with Gasteiger partial charge in [-0.15, -0.1) is 0 Å². The quantitative estimate of drug-likeness (QED) is 0.796. The van der Waals surface area contributed by atoms with E-state index in [2.05, 4.69) is 29.3 Å². The summed E-state index contributed by atoms with van der Waals surface area (Å²) in [5, 5.41) is 0. The van der Waals surface area contributed by atoms with E-state index in [-0.39, 0.29) is 6.10 Å². The van der Waals surface area contributed by atoms with Crippen molar-refractivity contribution in [3.8, 4) is 0 Å². The third kappa shape index (κ3) is 1.58. The van der Waals surface area contributed by atoms with E-state index in [9.17, 15) is 0 Å². The summed E-state index contributed by atoms with van der Waals surface area (Å²) in [4.78, 5) is 4.09. The first-order chi connectivity index (χ1) is 7.34. The van der Waals surface area contributed by atoms with Gasteiger partial charge in [0.15, 0.2) is 0 Å². The maximum absolute atomic E-state index is 5.53. The largest absolute Gasteiger partial charge is 0.455 e. The van der Waals surface area contributed by atoms with Crippen LogP contribution in [0.15, 0.2) is 29.3 Å². The van der Waals surface area contributed by atoms with Gasteiger partial charge in [-0.3, -0.25) is 0 Å². The molecule has 15 heavy (non-hydrogen) atoms. The van der Waals surface area contributed by atoms with Gasteiger partial charge in [-0.05, 0) is 29.9 Å². The van der Waals surface area contributed by atoms with Crippen molar-refractivity contribution < 1.29 is 4.74 Å². The minimum Gasteiger partial charge on any atom is -0.455 e. The number of nitrogens with two attached hydrogens (primary N) is 1. The fourth-order valence-corrected chi connectivity index (χ4v) is 2.13. The number of rotatable bonds is 2. The van der Waals surface area contributed by atoms with Crippen molar-refractivity contribution in [2.75, 3.05) is 6.54 Å². The van der Waals surface area contributed by atoms with Crippen LogP contribution >= 0.6 is 0 Å². The normalized spacial score (nSPS) is 24.8. The highest BCUT2D eigenvalue weighted by atomic mass is 16.5.